The summed E-state index contributed by atoms with van der Waals surface area (Å²) in [7, 11) is 0. The molecule has 10 rings (SSSR count). The van der Waals surface area contributed by atoms with Crippen molar-refractivity contribution in [2.24, 2.45) is 0 Å². The number of aromatic nitrogens is 3. The van der Waals surface area contributed by atoms with Gasteiger partial charge in [-0.15, -0.1) is 0 Å². The van der Waals surface area contributed by atoms with Gasteiger partial charge in [0.1, 0.15) is 0 Å². The van der Waals surface area contributed by atoms with E-state index in [2.05, 4.69) is 181 Å². The van der Waals surface area contributed by atoms with Crippen molar-refractivity contribution in [2.75, 3.05) is 0 Å². The summed E-state index contributed by atoms with van der Waals surface area (Å²) in [5.74, 6) is 0.648. The second kappa shape index (κ2) is 11.9. The number of hydrogen-bond acceptors (Lipinski definition) is 2. The Hall–Kier alpha value is -6.84. The van der Waals surface area contributed by atoms with E-state index < -0.39 is 0 Å². The standard InChI is InChI=1S/C48H31N3/c1-4-15-32(16-5-1)29-42-37-21-10-11-23-40(37)47-36(24-14-25-41(42)47)35-27-28-39-38-22-12-13-26-45(38)51(46(39)30-35)48-49-43(33-17-6-2-7-18-33)31-44(50-48)34-19-8-3-9-20-34/h1-31H. The van der Waals surface area contributed by atoms with E-state index in [4.69, 9.17) is 9.97 Å². The molecule has 0 unspecified atom stereocenters. The van der Waals surface area contributed by atoms with Crippen LogP contribution in [0, 0.1) is 0 Å². The van der Waals surface area contributed by atoms with Crippen molar-refractivity contribution in [1.29, 1.82) is 0 Å². The van der Waals surface area contributed by atoms with Crippen LogP contribution in [0.5, 0.6) is 0 Å². The molecule has 1 aliphatic carbocycles. The zero-order chi connectivity index (χ0) is 33.7. The van der Waals surface area contributed by atoms with Gasteiger partial charge in [-0.05, 0) is 68.8 Å². The van der Waals surface area contributed by atoms with Gasteiger partial charge in [0, 0.05) is 21.9 Å². The number of rotatable bonds is 5. The van der Waals surface area contributed by atoms with E-state index in [1.165, 1.54) is 49.7 Å². The molecule has 2 heterocycles. The molecule has 1 aliphatic rings. The van der Waals surface area contributed by atoms with Crippen molar-refractivity contribution in [2.45, 2.75) is 0 Å². The molecule has 3 heteroatoms. The molecule has 51 heavy (non-hydrogen) atoms. The minimum absolute atomic E-state index is 0.648. The zero-order valence-electron chi connectivity index (χ0n) is 27.7. The number of fused-ring (bicyclic) bond motifs is 6. The van der Waals surface area contributed by atoms with E-state index in [1.54, 1.807) is 0 Å². The summed E-state index contributed by atoms with van der Waals surface area (Å²) in [6.07, 6.45) is 2.32. The Balaban J connectivity index is 1.22. The highest BCUT2D eigenvalue weighted by atomic mass is 15.2. The lowest BCUT2D eigenvalue weighted by Gasteiger charge is -2.13. The summed E-state index contributed by atoms with van der Waals surface area (Å²) < 4.78 is 2.24. The third-order valence-corrected chi connectivity index (χ3v) is 9.99. The molecule has 0 spiro atoms. The predicted octanol–water partition coefficient (Wildman–Crippen LogP) is 12.1. The summed E-state index contributed by atoms with van der Waals surface area (Å²) in [6, 6.07) is 64.4. The van der Waals surface area contributed by atoms with Gasteiger partial charge < -0.3 is 0 Å². The van der Waals surface area contributed by atoms with Crippen molar-refractivity contribution < 1.29 is 0 Å². The first-order chi connectivity index (χ1) is 25.3. The van der Waals surface area contributed by atoms with Gasteiger partial charge in [0.05, 0.1) is 22.4 Å². The molecular weight excluding hydrogens is 619 g/mol. The Labute approximate surface area is 296 Å². The molecule has 3 nitrogen and oxygen atoms in total. The van der Waals surface area contributed by atoms with Crippen LogP contribution in [0.4, 0.5) is 0 Å². The van der Waals surface area contributed by atoms with Gasteiger partial charge in [-0.1, -0.05) is 164 Å². The average Bonchev–Trinajstić information content (AvgIpc) is 3.71. The fraction of sp³-hybridized carbons (Fsp3) is 0. The second-order valence-electron chi connectivity index (χ2n) is 13.0. The van der Waals surface area contributed by atoms with Crippen LogP contribution >= 0.6 is 0 Å². The van der Waals surface area contributed by atoms with Crippen molar-refractivity contribution in [3.8, 4) is 50.7 Å². The SMILES string of the molecule is C(=C1c2ccccc2-c2c1cccc2-c1ccc2c3ccccc3n(-c3nc(-c4ccccc4)cc(-c4ccccc4)n3)c2c1)c1ccccc1. The minimum Gasteiger partial charge on any atom is -0.278 e. The summed E-state index contributed by atoms with van der Waals surface area (Å²) in [4.78, 5) is 10.5. The van der Waals surface area contributed by atoms with E-state index in [0.29, 0.717) is 5.95 Å². The lowest BCUT2D eigenvalue weighted by atomic mass is 9.93. The van der Waals surface area contributed by atoms with Crippen LogP contribution < -0.4 is 0 Å². The molecule has 7 aromatic carbocycles. The summed E-state index contributed by atoms with van der Waals surface area (Å²) in [5.41, 5.74) is 15.9. The van der Waals surface area contributed by atoms with Crippen LogP contribution in [0.1, 0.15) is 16.7 Å². The van der Waals surface area contributed by atoms with Crippen molar-refractivity contribution >= 4 is 33.5 Å². The summed E-state index contributed by atoms with van der Waals surface area (Å²) in [6.45, 7) is 0. The molecule has 0 bridgehead atoms. The third-order valence-electron chi connectivity index (χ3n) is 9.99. The van der Waals surface area contributed by atoms with Crippen molar-refractivity contribution in [1.82, 2.24) is 14.5 Å². The van der Waals surface area contributed by atoms with Crippen molar-refractivity contribution in [3.63, 3.8) is 0 Å². The first kappa shape index (κ1) is 29.1. The molecule has 0 radical (unpaired) electrons. The highest BCUT2D eigenvalue weighted by Crippen LogP contribution is 2.49. The van der Waals surface area contributed by atoms with E-state index in [-0.39, 0.29) is 0 Å². The van der Waals surface area contributed by atoms with Crippen molar-refractivity contribution in [3.05, 3.63) is 199 Å². The topological polar surface area (TPSA) is 30.7 Å². The van der Waals surface area contributed by atoms with Crippen LogP contribution in [-0.4, -0.2) is 14.5 Å². The fourth-order valence-electron chi connectivity index (χ4n) is 7.66. The molecule has 0 atom stereocenters. The van der Waals surface area contributed by atoms with Gasteiger partial charge >= 0.3 is 0 Å². The van der Waals surface area contributed by atoms with E-state index in [1.807, 2.05) is 12.1 Å². The lowest BCUT2D eigenvalue weighted by molar-refractivity contribution is 0.996. The highest BCUT2D eigenvalue weighted by Gasteiger charge is 2.26. The van der Waals surface area contributed by atoms with E-state index in [9.17, 15) is 0 Å². The Bertz CT molecular complexity index is 2720. The molecule has 0 amide bonds. The van der Waals surface area contributed by atoms with Crippen LogP contribution in [0.25, 0.3) is 84.2 Å². The predicted molar refractivity (Wildman–Crippen MR) is 212 cm³/mol. The molecular formula is C48H31N3. The molecule has 238 valence electrons. The minimum atomic E-state index is 0.648. The first-order valence-electron chi connectivity index (χ1n) is 17.3. The third kappa shape index (κ3) is 4.90. The molecule has 9 aromatic rings. The lowest BCUT2D eigenvalue weighted by Crippen LogP contribution is -2.04. The Morgan fingerprint density at radius 3 is 1.69 bits per heavy atom. The molecule has 2 aromatic heterocycles. The van der Waals surface area contributed by atoms with Gasteiger partial charge in [0.15, 0.2) is 0 Å². The Morgan fingerprint density at radius 2 is 0.961 bits per heavy atom. The molecule has 0 fully saturated rings. The monoisotopic (exact) mass is 649 g/mol. The molecule has 0 saturated carbocycles. The Kier molecular flexibility index (Phi) is 6.81. The fourth-order valence-corrected chi connectivity index (χ4v) is 7.66. The number of hydrogen-bond donors (Lipinski definition) is 0. The number of nitrogens with zero attached hydrogens (tertiary/aromatic N) is 3. The normalized spacial score (nSPS) is 12.7. The highest BCUT2D eigenvalue weighted by molar-refractivity contribution is 6.13. The van der Waals surface area contributed by atoms with Gasteiger partial charge in [-0.25, -0.2) is 9.97 Å². The average molecular weight is 650 g/mol. The smallest absolute Gasteiger partial charge is 0.235 e. The van der Waals surface area contributed by atoms with Gasteiger partial charge in [-0.3, -0.25) is 4.57 Å². The largest absolute Gasteiger partial charge is 0.278 e. The number of benzene rings is 7. The van der Waals surface area contributed by atoms with Gasteiger partial charge in [0.25, 0.3) is 0 Å². The van der Waals surface area contributed by atoms with Crippen LogP contribution in [0.15, 0.2) is 182 Å². The summed E-state index contributed by atoms with van der Waals surface area (Å²) in [5, 5.41) is 2.34. The molecule has 0 aliphatic heterocycles. The van der Waals surface area contributed by atoms with Gasteiger partial charge in [-0.2, -0.15) is 0 Å². The van der Waals surface area contributed by atoms with Crippen LogP contribution in [-0.2, 0) is 0 Å². The molecule has 0 N–H and O–H groups in total. The molecule has 0 saturated heterocycles. The van der Waals surface area contributed by atoms with E-state index >= 15 is 0 Å². The first-order valence-corrected chi connectivity index (χ1v) is 17.3. The second-order valence-corrected chi connectivity index (χ2v) is 13.0. The quantitative estimate of drug-likeness (QED) is 0.186. The zero-order valence-corrected chi connectivity index (χ0v) is 27.7. The van der Waals surface area contributed by atoms with Crippen LogP contribution in [0.3, 0.4) is 0 Å². The van der Waals surface area contributed by atoms with Crippen LogP contribution in [0.2, 0.25) is 0 Å². The van der Waals surface area contributed by atoms with E-state index in [0.717, 1.165) is 39.1 Å². The maximum Gasteiger partial charge on any atom is 0.235 e. The number of para-hydroxylation sites is 1. The maximum absolute atomic E-state index is 5.26. The summed E-state index contributed by atoms with van der Waals surface area (Å²) >= 11 is 0. The van der Waals surface area contributed by atoms with Gasteiger partial charge in [0.2, 0.25) is 5.95 Å². The maximum atomic E-state index is 5.26. The Morgan fingerprint density at radius 1 is 0.392 bits per heavy atom.